The number of hydrogen-bond donors (Lipinski definition) is 1. The Bertz CT molecular complexity index is 372. The zero-order chi connectivity index (χ0) is 13.0. The first kappa shape index (κ1) is 13.4. The molecule has 0 spiro atoms. The van der Waals surface area contributed by atoms with Crippen LogP contribution in [0.4, 0.5) is 0 Å². The third kappa shape index (κ3) is 2.86. The Balaban J connectivity index is 2.13. The van der Waals surface area contributed by atoms with Gasteiger partial charge < -0.3 is 10.1 Å². The van der Waals surface area contributed by atoms with E-state index in [1.807, 2.05) is 7.05 Å². The summed E-state index contributed by atoms with van der Waals surface area (Å²) in [5.41, 5.74) is 1.42. The average Bonchev–Trinajstić information content (AvgIpc) is 3.24. The van der Waals surface area contributed by atoms with Crippen molar-refractivity contribution in [1.29, 1.82) is 0 Å². The molecule has 1 aliphatic rings. The molecule has 0 radical (unpaired) electrons. The summed E-state index contributed by atoms with van der Waals surface area (Å²) in [5.74, 6) is 1.82. The van der Waals surface area contributed by atoms with Crippen molar-refractivity contribution in [2.75, 3.05) is 13.7 Å². The fourth-order valence-corrected chi connectivity index (χ4v) is 2.54. The van der Waals surface area contributed by atoms with Gasteiger partial charge in [-0.15, -0.1) is 0 Å². The zero-order valence-electron chi connectivity index (χ0n) is 11.8. The summed E-state index contributed by atoms with van der Waals surface area (Å²) in [6, 6.07) is 8.58. The lowest BCUT2D eigenvalue weighted by Gasteiger charge is -2.32. The molecule has 2 rings (SSSR count). The van der Waals surface area contributed by atoms with Crippen LogP contribution >= 0.6 is 0 Å². The minimum Gasteiger partial charge on any atom is -0.493 e. The van der Waals surface area contributed by atoms with Crippen LogP contribution in [0.3, 0.4) is 0 Å². The highest BCUT2D eigenvalue weighted by Gasteiger charge is 2.26. The number of nitrogens with one attached hydrogen (secondary N) is 1. The molecule has 100 valence electrons. The molecule has 0 aromatic heterocycles. The molecule has 0 aliphatic heterocycles. The summed E-state index contributed by atoms with van der Waals surface area (Å²) in [4.78, 5) is 0. The fraction of sp³-hybridized carbons (Fsp3) is 0.625. The molecule has 1 fully saturated rings. The highest BCUT2D eigenvalue weighted by atomic mass is 16.5. The van der Waals surface area contributed by atoms with Gasteiger partial charge in [-0.2, -0.15) is 0 Å². The van der Waals surface area contributed by atoms with Crippen LogP contribution in [0.2, 0.25) is 0 Å². The van der Waals surface area contributed by atoms with Crippen molar-refractivity contribution in [2.45, 2.75) is 45.1 Å². The van der Waals surface area contributed by atoms with Crippen LogP contribution in [0, 0.1) is 5.92 Å². The monoisotopic (exact) mass is 247 g/mol. The second kappa shape index (κ2) is 5.75. The summed E-state index contributed by atoms with van der Waals surface area (Å²) < 4.78 is 5.87. The Morgan fingerprint density at radius 2 is 2.00 bits per heavy atom. The SMILES string of the molecule is CCC(CC)(NC)c1cccc(OCC2CC2)c1. The van der Waals surface area contributed by atoms with Gasteiger partial charge in [-0.25, -0.2) is 0 Å². The van der Waals surface area contributed by atoms with Crippen LogP contribution in [-0.2, 0) is 5.54 Å². The first-order chi connectivity index (χ1) is 8.74. The third-order valence-electron chi connectivity index (χ3n) is 4.25. The Morgan fingerprint density at radius 1 is 1.28 bits per heavy atom. The normalized spacial score (nSPS) is 15.7. The van der Waals surface area contributed by atoms with E-state index < -0.39 is 0 Å². The van der Waals surface area contributed by atoms with Crippen LogP contribution in [-0.4, -0.2) is 13.7 Å². The highest BCUT2D eigenvalue weighted by Crippen LogP contribution is 2.32. The van der Waals surface area contributed by atoms with Gasteiger partial charge in [0.2, 0.25) is 0 Å². The quantitative estimate of drug-likeness (QED) is 0.793. The van der Waals surface area contributed by atoms with Gasteiger partial charge >= 0.3 is 0 Å². The minimum atomic E-state index is 0.0823. The van der Waals surface area contributed by atoms with E-state index in [9.17, 15) is 0 Å². The van der Waals surface area contributed by atoms with Crippen molar-refractivity contribution in [1.82, 2.24) is 5.32 Å². The molecule has 18 heavy (non-hydrogen) atoms. The number of benzene rings is 1. The van der Waals surface area contributed by atoms with Gasteiger partial charge in [0.25, 0.3) is 0 Å². The zero-order valence-corrected chi connectivity index (χ0v) is 11.8. The molecule has 0 heterocycles. The van der Waals surface area contributed by atoms with E-state index in [0.29, 0.717) is 0 Å². The van der Waals surface area contributed by atoms with E-state index in [-0.39, 0.29) is 5.54 Å². The van der Waals surface area contributed by atoms with Crippen LogP contribution in [0.15, 0.2) is 24.3 Å². The summed E-state index contributed by atoms with van der Waals surface area (Å²) in [5, 5.41) is 3.48. The predicted molar refractivity (Wildman–Crippen MR) is 76.0 cm³/mol. The summed E-state index contributed by atoms with van der Waals surface area (Å²) in [7, 11) is 2.05. The van der Waals surface area contributed by atoms with E-state index >= 15 is 0 Å². The molecule has 1 saturated carbocycles. The topological polar surface area (TPSA) is 21.3 Å². The lowest BCUT2D eigenvalue weighted by atomic mass is 9.85. The van der Waals surface area contributed by atoms with Crippen LogP contribution in [0.5, 0.6) is 5.75 Å². The van der Waals surface area contributed by atoms with E-state index in [2.05, 4.69) is 43.4 Å². The van der Waals surface area contributed by atoms with Crippen molar-refractivity contribution < 1.29 is 4.74 Å². The first-order valence-corrected chi connectivity index (χ1v) is 7.16. The van der Waals surface area contributed by atoms with Crippen molar-refractivity contribution in [2.24, 2.45) is 5.92 Å². The van der Waals surface area contributed by atoms with Gasteiger partial charge in [-0.1, -0.05) is 26.0 Å². The largest absolute Gasteiger partial charge is 0.493 e. The van der Waals surface area contributed by atoms with Crippen LogP contribution in [0.25, 0.3) is 0 Å². The van der Waals surface area contributed by atoms with Gasteiger partial charge in [0.15, 0.2) is 0 Å². The molecule has 0 amide bonds. The molecule has 0 bridgehead atoms. The van der Waals surface area contributed by atoms with E-state index in [0.717, 1.165) is 31.1 Å². The molecule has 2 nitrogen and oxygen atoms in total. The Kier molecular flexibility index (Phi) is 4.28. The average molecular weight is 247 g/mol. The molecule has 2 heteroatoms. The highest BCUT2D eigenvalue weighted by molar-refractivity contribution is 5.33. The standard InChI is InChI=1S/C16H25NO/c1-4-16(5-2,17-3)14-7-6-8-15(11-14)18-12-13-9-10-13/h6-8,11,13,17H,4-5,9-10,12H2,1-3H3. The van der Waals surface area contributed by atoms with E-state index in [1.54, 1.807) is 0 Å². The molecular weight excluding hydrogens is 222 g/mol. The van der Waals surface area contributed by atoms with Crippen LogP contribution < -0.4 is 10.1 Å². The molecule has 1 N–H and O–H groups in total. The van der Waals surface area contributed by atoms with Crippen molar-refractivity contribution in [3.05, 3.63) is 29.8 Å². The Labute approximate surface area is 111 Å². The maximum absolute atomic E-state index is 5.87. The van der Waals surface area contributed by atoms with Crippen LogP contribution in [0.1, 0.15) is 45.1 Å². The molecule has 1 aromatic carbocycles. The van der Waals surface area contributed by atoms with Gasteiger partial charge in [0.1, 0.15) is 5.75 Å². The lowest BCUT2D eigenvalue weighted by molar-refractivity contribution is 0.295. The van der Waals surface area contributed by atoms with E-state index in [4.69, 9.17) is 4.74 Å². The van der Waals surface area contributed by atoms with Crippen molar-refractivity contribution in [3.63, 3.8) is 0 Å². The smallest absolute Gasteiger partial charge is 0.119 e. The lowest BCUT2D eigenvalue weighted by Crippen LogP contribution is -2.38. The summed E-state index contributed by atoms with van der Waals surface area (Å²) in [6.07, 6.45) is 4.85. The first-order valence-electron chi connectivity index (χ1n) is 7.16. The molecule has 0 unspecified atom stereocenters. The Hall–Kier alpha value is -1.02. The van der Waals surface area contributed by atoms with Gasteiger partial charge in [0, 0.05) is 5.54 Å². The second-order valence-electron chi connectivity index (χ2n) is 5.32. The maximum atomic E-state index is 5.87. The number of ether oxygens (including phenoxy) is 1. The van der Waals surface area contributed by atoms with E-state index in [1.165, 1.54) is 18.4 Å². The maximum Gasteiger partial charge on any atom is 0.119 e. The number of hydrogen-bond acceptors (Lipinski definition) is 2. The van der Waals surface area contributed by atoms with Gasteiger partial charge in [-0.3, -0.25) is 0 Å². The molecule has 0 saturated heterocycles. The molecule has 0 atom stereocenters. The predicted octanol–water partition coefficient (Wildman–Crippen LogP) is 3.71. The molecular formula is C16H25NO. The molecule has 1 aliphatic carbocycles. The molecule has 1 aromatic rings. The summed E-state index contributed by atoms with van der Waals surface area (Å²) in [6.45, 7) is 5.35. The minimum absolute atomic E-state index is 0.0823. The van der Waals surface area contributed by atoms with Crippen molar-refractivity contribution >= 4 is 0 Å². The Morgan fingerprint density at radius 3 is 2.56 bits per heavy atom. The van der Waals surface area contributed by atoms with Gasteiger partial charge in [-0.05, 0) is 56.3 Å². The third-order valence-corrected chi connectivity index (χ3v) is 4.25. The number of rotatable bonds is 7. The fourth-order valence-electron chi connectivity index (χ4n) is 2.54. The van der Waals surface area contributed by atoms with Crippen molar-refractivity contribution in [3.8, 4) is 5.75 Å². The van der Waals surface area contributed by atoms with Gasteiger partial charge in [0.05, 0.1) is 6.61 Å². The second-order valence-corrected chi connectivity index (χ2v) is 5.32. The summed E-state index contributed by atoms with van der Waals surface area (Å²) >= 11 is 0.